The van der Waals surface area contributed by atoms with Crippen molar-refractivity contribution < 1.29 is 8.42 Å². The SMILES string of the molecule is C/C=C(/C)N1CCC(CC#N)(n2nc(Nc3ccc(S(=O)(=O)N(C)C)cc3)c3c(=O)[nH]ccc32)CC1. The van der Waals surface area contributed by atoms with Gasteiger partial charge in [-0.25, -0.2) is 12.7 Å². The Morgan fingerprint density at radius 3 is 2.50 bits per heavy atom. The second-order valence-electron chi connectivity index (χ2n) is 9.24. The molecule has 36 heavy (non-hydrogen) atoms. The maximum Gasteiger partial charge on any atom is 0.261 e. The van der Waals surface area contributed by atoms with Crippen LogP contribution in [0.25, 0.3) is 10.9 Å². The average Bonchev–Trinajstić information content (AvgIpc) is 3.24. The number of allylic oxidation sites excluding steroid dienone is 2. The smallest absolute Gasteiger partial charge is 0.261 e. The molecule has 1 fully saturated rings. The summed E-state index contributed by atoms with van der Waals surface area (Å²) in [6, 6.07) is 10.5. The topological polar surface area (TPSA) is 127 Å². The highest BCUT2D eigenvalue weighted by Crippen LogP contribution is 2.38. The molecule has 1 saturated heterocycles. The zero-order valence-electron chi connectivity index (χ0n) is 20.9. The number of anilines is 2. The molecule has 1 aliphatic rings. The van der Waals surface area contributed by atoms with E-state index in [-0.39, 0.29) is 16.9 Å². The first kappa shape index (κ1) is 25.5. The van der Waals surface area contributed by atoms with Gasteiger partial charge in [-0.3, -0.25) is 9.48 Å². The van der Waals surface area contributed by atoms with Crippen molar-refractivity contribution in [2.75, 3.05) is 32.5 Å². The molecule has 11 heteroatoms. The number of aromatic nitrogens is 3. The van der Waals surface area contributed by atoms with Crippen molar-refractivity contribution in [1.82, 2.24) is 24.0 Å². The summed E-state index contributed by atoms with van der Waals surface area (Å²) in [6.07, 6.45) is 5.37. The van der Waals surface area contributed by atoms with E-state index in [4.69, 9.17) is 5.10 Å². The first-order valence-corrected chi connectivity index (χ1v) is 13.2. The summed E-state index contributed by atoms with van der Waals surface area (Å²) >= 11 is 0. The number of hydrogen-bond donors (Lipinski definition) is 2. The van der Waals surface area contributed by atoms with Gasteiger partial charge in [0.1, 0.15) is 5.39 Å². The summed E-state index contributed by atoms with van der Waals surface area (Å²) in [5, 5.41) is 18.1. The highest BCUT2D eigenvalue weighted by Gasteiger charge is 2.39. The fourth-order valence-corrected chi connectivity index (χ4v) is 5.55. The van der Waals surface area contributed by atoms with Crippen LogP contribution in [0, 0.1) is 11.3 Å². The summed E-state index contributed by atoms with van der Waals surface area (Å²) < 4.78 is 27.8. The van der Waals surface area contributed by atoms with E-state index in [1.54, 1.807) is 18.3 Å². The van der Waals surface area contributed by atoms with Crippen molar-refractivity contribution in [2.45, 2.75) is 43.5 Å². The summed E-state index contributed by atoms with van der Waals surface area (Å²) in [5.41, 5.74) is 1.61. The lowest BCUT2D eigenvalue weighted by atomic mass is 9.84. The third-order valence-electron chi connectivity index (χ3n) is 6.97. The summed E-state index contributed by atoms with van der Waals surface area (Å²) in [6.45, 7) is 5.66. The number of nitriles is 1. The lowest BCUT2D eigenvalue weighted by molar-refractivity contribution is 0.128. The van der Waals surface area contributed by atoms with E-state index in [0.29, 0.717) is 35.2 Å². The van der Waals surface area contributed by atoms with Crippen molar-refractivity contribution in [3.63, 3.8) is 0 Å². The zero-order chi connectivity index (χ0) is 26.1. The number of H-pyrrole nitrogens is 1. The van der Waals surface area contributed by atoms with Gasteiger partial charge in [-0.1, -0.05) is 6.08 Å². The summed E-state index contributed by atoms with van der Waals surface area (Å²) in [5.74, 6) is 0.361. The van der Waals surface area contributed by atoms with Gasteiger partial charge in [0.05, 0.1) is 28.4 Å². The molecule has 0 aliphatic carbocycles. The number of pyridine rings is 1. The Kier molecular flexibility index (Phi) is 6.93. The molecule has 190 valence electrons. The fourth-order valence-electron chi connectivity index (χ4n) is 4.65. The number of hydrogen-bond acceptors (Lipinski definition) is 7. The van der Waals surface area contributed by atoms with E-state index in [1.807, 2.05) is 17.7 Å². The molecule has 0 amide bonds. The normalized spacial score (nSPS) is 16.3. The van der Waals surface area contributed by atoms with Crippen molar-refractivity contribution in [3.8, 4) is 6.07 Å². The van der Waals surface area contributed by atoms with Gasteiger partial charge in [0.15, 0.2) is 5.82 Å². The van der Waals surface area contributed by atoms with E-state index in [0.717, 1.165) is 17.4 Å². The van der Waals surface area contributed by atoms with Crippen molar-refractivity contribution >= 4 is 32.4 Å². The van der Waals surface area contributed by atoms with E-state index in [1.165, 1.54) is 31.9 Å². The number of benzene rings is 1. The van der Waals surface area contributed by atoms with Crippen LogP contribution in [0.1, 0.15) is 33.1 Å². The third kappa shape index (κ3) is 4.50. The van der Waals surface area contributed by atoms with Crippen LogP contribution in [0.4, 0.5) is 11.5 Å². The van der Waals surface area contributed by atoms with Crippen LogP contribution >= 0.6 is 0 Å². The largest absolute Gasteiger partial charge is 0.375 e. The Bertz CT molecular complexity index is 1490. The number of fused-ring (bicyclic) bond motifs is 1. The summed E-state index contributed by atoms with van der Waals surface area (Å²) in [4.78, 5) is 18.1. The molecule has 3 heterocycles. The Morgan fingerprint density at radius 2 is 1.92 bits per heavy atom. The van der Waals surface area contributed by atoms with Crippen LogP contribution in [0.2, 0.25) is 0 Å². The molecule has 0 atom stereocenters. The third-order valence-corrected chi connectivity index (χ3v) is 8.80. The Hall–Kier alpha value is -3.62. The molecular weight excluding hydrogens is 478 g/mol. The molecule has 0 saturated carbocycles. The van der Waals surface area contributed by atoms with E-state index >= 15 is 0 Å². The Morgan fingerprint density at radius 1 is 1.25 bits per heavy atom. The molecule has 2 N–H and O–H groups in total. The highest BCUT2D eigenvalue weighted by molar-refractivity contribution is 7.89. The predicted molar refractivity (Wildman–Crippen MR) is 139 cm³/mol. The average molecular weight is 510 g/mol. The molecule has 10 nitrogen and oxygen atoms in total. The molecule has 0 unspecified atom stereocenters. The Labute approximate surface area is 210 Å². The molecule has 1 aromatic carbocycles. The second kappa shape index (κ2) is 9.79. The first-order chi connectivity index (χ1) is 17.1. The minimum Gasteiger partial charge on any atom is -0.375 e. The number of nitrogens with zero attached hydrogens (tertiary/aromatic N) is 5. The van der Waals surface area contributed by atoms with Crippen LogP contribution in [0.15, 0.2) is 58.0 Å². The first-order valence-electron chi connectivity index (χ1n) is 11.8. The second-order valence-corrected chi connectivity index (χ2v) is 11.4. The number of nitrogens with one attached hydrogen (secondary N) is 2. The number of aromatic amines is 1. The molecule has 0 radical (unpaired) electrons. The van der Waals surface area contributed by atoms with E-state index < -0.39 is 15.6 Å². The maximum atomic E-state index is 12.9. The molecule has 3 aromatic rings. The van der Waals surface area contributed by atoms with Gasteiger partial charge in [-0.15, -0.1) is 0 Å². The maximum absolute atomic E-state index is 12.9. The summed E-state index contributed by atoms with van der Waals surface area (Å²) in [7, 11) is -0.593. The number of rotatable bonds is 7. The standard InChI is InChI=1S/C25H31N7O3S/c1-5-18(2)31-16-12-25(11-14-26,13-17-31)32-21-10-15-27-24(33)22(21)23(29-32)28-19-6-8-20(9-7-19)36(34,35)30(3)4/h5-10,15H,11-13,16-17H2,1-4H3,(H,27,33)(H,28,29)/b18-5-. The van der Waals surface area contributed by atoms with E-state index in [9.17, 15) is 18.5 Å². The van der Waals surface area contributed by atoms with Crippen LogP contribution < -0.4 is 10.9 Å². The number of piperidine rings is 1. The van der Waals surface area contributed by atoms with Gasteiger partial charge in [-0.2, -0.15) is 10.4 Å². The quantitative estimate of drug-likeness (QED) is 0.500. The van der Waals surface area contributed by atoms with Crippen LogP contribution in [0.3, 0.4) is 0 Å². The monoisotopic (exact) mass is 509 g/mol. The van der Waals surface area contributed by atoms with Gasteiger partial charge in [0, 0.05) is 44.8 Å². The van der Waals surface area contributed by atoms with Gasteiger partial charge in [0.25, 0.3) is 5.56 Å². The molecule has 0 bridgehead atoms. The number of likely N-dealkylation sites (tertiary alicyclic amines) is 1. The molecule has 1 aliphatic heterocycles. The Balaban J connectivity index is 1.74. The van der Waals surface area contributed by atoms with Crippen LogP contribution in [-0.2, 0) is 15.6 Å². The highest BCUT2D eigenvalue weighted by atomic mass is 32.2. The van der Waals surface area contributed by atoms with Crippen molar-refractivity contribution in [1.29, 1.82) is 5.26 Å². The fraction of sp³-hybridized carbons (Fsp3) is 0.400. The van der Waals surface area contributed by atoms with Gasteiger partial charge >= 0.3 is 0 Å². The zero-order valence-corrected chi connectivity index (χ0v) is 21.8. The molecule has 2 aromatic heterocycles. The minimum absolute atomic E-state index is 0.169. The van der Waals surface area contributed by atoms with E-state index in [2.05, 4.69) is 34.3 Å². The van der Waals surface area contributed by atoms with Crippen molar-refractivity contribution in [3.05, 3.63) is 58.7 Å². The van der Waals surface area contributed by atoms with Crippen molar-refractivity contribution in [2.24, 2.45) is 0 Å². The van der Waals surface area contributed by atoms with Crippen LogP contribution in [-0.4, -0.2) is 59.6 Å². The van der Waals surface area contributed by atoms with Gasteiger partial charge in [-0.05, 0) is 57.0 Å². The molecule has 0 spiro atoms. The predicted octanol–water partition coefficient (Wildman–Crippen LogP) is 3.35. The molecular formula is C25H31N7O3S. The molecule has 4 rings (SSSR count). The van der Waals surface area contributed by atoms with Crippen LogP contribution in [0.5, 0.6) is 0 Å². The number of sulfonamides is 1. The lowest BCUT2D eigenvalue weighted by Gasteiger charge is -2.42. The minimum atomic E-state index is -3.55. The lowest BCUT2D eigenvalue weighted by Crippen LogP contribution is -2.46. The van der Waals surface area contributed by atoms with Gasteiger partial charge in [0.2, 0.25) is 10.0 Å². The van der Waals surface area contributed by atoms with Gasteiger partial charge < -0.3 is 15.2 Å².